The summed E-state index contributed by atoms with van der Waals surface area (Å²) in [5.41, 5.74) is 1.23. The number of pyridine rings is 1. The van der Waals surface area contributed by atoms with Crippen molar-refractivity contribution in [1.82, 2.24) is 10.3 Å². The van der Waals surface area contributed by atoms with E-state index in [-0.39, 0.29) is 30.0 Å². The fraction of sp³-hybridized carbons (Fsp3) is 0.294. The first-order valence-corrected chi connectivity index (χ1v) is 8.03. The van der Waals surface area contributed by atoms with Gasteiger partial charge in [0.2, 0.25) is 0 Å². The predicted molar refractivity (Wildman–Crippen MR) is 95.2 cm³/mol. The molecule has 0 spiro atoms. The number of phenolic OH excluding ortho intramolecular Hbond substituents is 1. The summed E-state index contributed by atoms with van der Waals surface area (Å²) in [7, 11) is 1.47. The van der Waals surface area contributed by atoms with Crippen molar-refractivity contribution in [1.29, 1.82) is 0 Å². The third kappa shape index (κ3) is 5.51. The van der Waals surface area contributed by atoms with Crippen LogP contribution in [0.15, 0.2) is 36.5 Å². The van der Waals surface area contributed by atoms with Crippen LogP contribution < -0.4 is 15.4 Å². The van der Waals surface area contributed by atoms with Crippen LogP contribution in [-0.2, 0) is 6.42 Å². The minimum Gasteiger partial charge on any atom is -0.504 e. The molecule has 1 aromatic heterocycles. The van der Waals surface area contributed by atoms with Crippen molar-refractivity contribution >= 4 is 23.3 Å². The van der Waals surface area contributed by atoms with Crippen molar-refractivity contribution in [2.45, 2.75) is 6.42 Å². The van der Waals surface area contributed by atoms with Crippen molar-refractivity contribution in [3.63, 3.8) is 0 Å². The second-order valence-electron chi connectivity index (χ2n) is 5.44. The summed E-state index contributed by atoms with van der Waals surface area (Å²) in [6, 6.07) is 7.90. The van der Waals surface area contributed by atoms with Crippen LogP contribution in [0.2, 0.25) is 5.15 Å². The van der Waals surface area contributed by atoms with Crippen LogP contribution >= 0.6 is 11.6 Å². The third-order valence-electron chi connectivity index (χ3n) is 3.58. The number of hydrogen-bond donors (Lipinski definition) is 4. The minimum absolute atomic E-state index is 0.0358. The quantitative estimate of drug-likeness (QED) is 0.564. The van der Waals surface area contributed by atoms with Crippen molar-refractivity contribution in [3.05, 3.63) is 47.2 Å². The second-order valence-corrected chi connectivity index (χ2v) is 5.79. The molecule has 25 heavy (non-hydrogen) atoms. The van der Waals surface area contributed by atoms with E-state index in [4.69, 9.17) is 16.3 Å². The molecule has 2 aromatic rings. The number of carbonyl (C=O) groups excluding carboxylic acids is 1. The van der Waals surface area contributed by atoms with Crippen molar-refractivity contribution < 1.29 is 19.7 Å². The number of benzene rings is 1. The number of aliphatic hydroxyl groups excluding tert-OH is 1. The number of phenols is 1. The predicted octanol–water partition coefficient (Wildman–Crippen LogP) is 2.42. The van der Waals surface area contributed by atoms with Crippen molar-refractivity contribution in [2.24, 2.45) is 5.92 Å². The second kappa shape index (κ2) is 9.10. The third-order valence-corrected chi connectivity index (χ3v) is 3.89. The number of urea groups is 1. The Labute approximate surface area is 150 Å². The van der Waals surface area contributed by atoms with E-state index in [9.17, 15) is 15.0 Å². The van der Waals surface area contributed by atoms with E-state index in [1.54, 1.807) is 30.3 Å². The first-order chi connectivity index (χ1) is 12.0. The summed E-state index contributed by atoms with van der Waals surface area (Å²) in [6.07, 6.45) is 2.01. The van der Waals surface area contributed by atoms with E-state index >= 15 is 0 Å². The summed E-state index contributed by atoms with van der Waals surface area (Å²) < 4.78 is 5.00. The van der Waals surface area contributed by atoms with Gasteiger partial charge in [0, 0.05) is 25.3 Å². The standard InChI is InChI=1S/C17H20ClN3O4/c1-25-15-5-4-11(8-14(15)23)7-12(10-22)9-20-17(24)21-13-3-2-6-19-16(13)18/h2-6,8,12,22-23H,7,9-10H2,1H3,(H2,20,21,24). The summed E-state index contributed by atoms with van der Waals surface area (Å²) in [5.74, 6) is 0.215. The highest BCUT2D eigenvalue weighted by molar-refractivity contribution is 6.32. The molecule has 0 bridgehead atoms. The monoisotopic (exact) mass is 365 g/mol. The molecule has 2 rings (SSSR count). The average Bonchev–Trinajstić information content (AvgIpc) is 2.60. The lowest BCUT2D eigenvalue weighted by Crippen LogP contribution is -2.35. The number of aliphatic hydroxyl groups is 1. The molecule has 134 valence electrons. The van der Waals surface area contributed by atoms with Gasteiger partial charge in [-0.15, -0.1) is 0 Å². The number of nitrogens with one attached hydrogen (secondary N) is 2. The molecular weight excluding hydrogens is 346 g/mol. The van der Waals surface area contributed by atoms with Gasteiger partial charge in [0.15, 0.2) is 16.7 Å². The Morgan fingerprint density at radius 1 is 1.40 bits per heavy atom. The van der Waals surface area contributed by atoms with Crippen LogP contribution in [0.3, 0.4) is 0 Å². The van der Waals surface area contributed by atoms with Crippen LogP contribution in [0, 0.1) is 5.92 Å². The maximum absolute atomic E-state index is 11.9. The largest absolute Gasteiger partial charge is 0.504 e. The molecule has 0 saturated carbocycles. The van der Waals surface area contributed by atoms with Gasteiger partial charge in [-0.2, -0.15) is 0 Å². The number of ether oxygens (including phenoxy) is 1. The Morgan fingerprint density at radius 3 is 2.84 bits per heavy atom. The lowest BCUT2D eigenvalue weighted by Gasteiger charge is -2.16. The first-order valence-electron chi connectivity index (χ1n) is 7.65. The van der Waals surface area contributed by atoms with Crippen LogP contribution in [0.1, 0.15) is 5.56 Å². The number of halogens is 1. The molecule has 2 amide bonds. The summed E-state index contributed by atoms with van der Waals surface area (Å²) >= 11 is 5.88. The van der Waals surface area contributed by atoms with E-state index in [1.165, 1.54) is 13.3 Å². The molecule has 0 aliphatic carbocycles. The fourth-order valence-electron chi connectivity index (χ4n) is 2.28. The van der Waals surface area contributed by atoms with E-state index < -0.39 is 6.03 Å². The molecule has 0 aliphatic rings. The number of carbonyl (C=O) groups is 1. The molecule has 4 N–H and O–H groups in total. The SMILES string of the molecule is COc1ccc(CC(CO)CNC(=O)Nc2cccnc2Cl)cc1O. The van der Waals surface area contributed by atoms with Crippen LogP contribution in [0.5, 0.6) is 11.5 Å². The van der Waals surface area contributed by atoms with Gasteiger partial charge in [-0.05, 0) is 36.2 Å². The van der Waals surface area contributed by atoms with Gasteiger partial charge in [-0.1, -0.05) is 17.7 Å². The average molecular weight is 366 g/mol. The van der Waals surface area contributed by atoms with E-state index in [0.717, 1.165) is 5.56 Å². The Morgan fingerprint density at radius 2 is 2.20 bits per heavy atom. The normalized spacial score (nSPS) is 11.6. The van der Waals surface area contributed by atoms with Crippen LogP contribution in [0.25, 0.3) is 0 Å². The highest BCUT2D eigenvalue weighted by Gasteiger charge is 2.13. The Hall–Kier alpha value is -2.51. The topological polar surface area (TPSA) is 104 Å². The zero-order valence-corrected chi connectivity index (χ0v) is 14.5. The van der Waals surface area contributed by atoms with Gasteiger partial charge < -0.3 is 25.6 Å². The minimum atomic E-state index is -0.439. The van der Waals surface area contributed by atoms with Gasteiger partial charge in [0.25, 0.3) is 0 Å². The highest BCUT2D eigenvalue weighted by atomic mass is 35.5. The summed E-state index contributed by atoms with van der Waals surface area (Å²) in [5, 5.41) is 24.8. The summed E-state index contributed by atoms with van der Waals surface area (Å²) in [6.45, 7) is 0.147. The molecular formula is C17H20ClN3O4. The number of anilines is 1. The molecule has 0 fully saturated rings. The number of aromatic nitrogens is 1. The smallest absolute Gasteiger partial charge is 0.319 e. The lowest BCUT2D eigenvalue weighted by atomic mass is 9.99. The zero-order valence-electron chi connectivity index (χ0n) is 13.7. The number of methoxy groups -OCH3 is 1. The molecule has 1 unspecified atom stereocenters. The molecule has 1 aromatic carbocycles. The highest BCUT2D eigenvalue weighted by Crippen LogP contribution is 2.27. The van der Waals surface area contributed by atoms with Gasteiger partial charge in [0.1, 0.15) is 0 Å². The van der Waals surface area contributed by atoms with Crippen LogP contribution in [-0.4, -0.2) is 41.5 Å². The van der Waals surface area contributed by atoms with Crippen molar-refractivity contribution in [3.8, 4) is 11.5 Å². The van der Waals surface area contributed by atoms with E-state index in [2.05, 4.69) is 15.6 Å². The molecule has 7 nitrogen and oxygen atoms in total. The van der Waals surface area contributed by atoms with Gasteiger partial charge in [-0.3, -0.25) is 0 Å². The first kappa shape index (κ1) is 18.8. The number of nitrogens with zero attached hydrogens (tertiary/aromatic N) is 1. The Balaban J connectivity index is 1.88. The number of hydrogen-bond acceptors (Lipinski definition) is 5. The molecule has 8 heteroatoms. The molecule has 0 aliphatic heterocycles. The number of rotatable bonds is 7. The molecule has 0 radical (unpaired) electrons. The Kier molecular flexibility index (Phi) is 6.85. The van der Waals surface area contributed by atoms with Gasteiger partial charge in [-0.25, -0.2) is 9.78 Å². The number of aromatic hydroxyl groups is 1. The molecule has 0 saturated heterocycles. The lowest BCUT2D eigenvalue weighted by molar-refractivity contribution is 0.218. The van der Waals surface area contributed by atoms with Gasteiger partial charge in [0.05, 0.1) is 12.8 Å². The maximum Gasteiger partial charge on any atom is 0.319 e. The Bertz CT molecular complexity index is 727. The fourth-order valence-corrected chi connectivity index (χ4v) is 2.45. The van der Waals surface area contributed by atoms with Crippen LogP contribution in [0.4, 0.5) is 10.5 Å². The van der Waals surface area contributed by atoms with E-state index in [0.29, 0.717) is 17.9 Å². The number of amides is 2. The van der Waals surface area contributed by atoms with E-state index in [1.807, 2.05) is 0 Å². The zero-order chi connectivity index (χ0) is 18.2. The maximum atomic E-state index is 11.9. The summed E-state index contributed by atoms with van der Waals surface area (Å²) in [4.78, 5) is 15.8. The van der Waals surface area contributed by atoms with Crippen molar-refractivity contribution in [2.75, 3.05) is 25.6 Å². The van der Waals surface area contributed by atoms with Gasteiger partial charge >= 0.3 is 6.03 Å². The molecule has 1 heterocycles. The molecule has 1 atom stereocenters.